The topological polar surface area (TPSA) is 670 Å². The molecular weight excluding hydrogens is 1490 g/mol. The molecule has 4 rings (SSSR count). The van der Waals surface area contributed by atoms with Crippen molar-refractivity contribution in [3.8, 4) is 0 Å². The molecule has 0 radical (unpaired) electrons. The Balaban J connectivity index is 1.42. The number of aromatic nitrogens is 1. The van der Waals surface area contributed by atoms with Gasteiger partial charge in [-0.25, -0.2) is 4.79 Å². The predicted octanol–water partition coefficient (Wildman–Crippen LogP) is -6.41. The van der Waals surface area contributed by atoms with Crippen LogP contribution in [0.1, 0.15) is 139 Å². The molecule has 0 saturated carbocycles. The number of hydrogen-bond donors (Lipinski definition) is 24. The van der Waals surface area contributed by atoms with E-state index in [1.54, 1.807) is 85.9 Å². The van der Waals surface area contributed by atoms with Crippen molar-refractivity contribution in [1.29, 1.82) is 10.8 Å². The summed E-state index contributed by atoms with van der Waals surface area (Å²) in [7, 11) is 0. The van der Waals surface area contributed by atoms with Crippen LogP contribution in [0.15, 0.2) is 30.5 Å². The zero-order valence-corrected chi connectivity index (χ0v) is 65.8. The lowest BCUT2D eigenvalue weighted by Crippen LogP contribution is -2.61. The summed E-state index contributed by atoms with van der Waals surface area (Å²) in [5, 5.41) is 91.3. The normalized spacial score (nSPS) is 16.8. The number of H-pyrrole nitrogens is 1. The van der Waals surface area contributed by atoms with Crippen molar-refractivity contribution < 1.29 is 97.1 Å². The van der Waals surface area contributed by atoms with Crippen molar-refractivity contribution in [3.05, 3.63) is 36.0 Å². The van der Waals surface area contributed by atoms with Gasteiger partial charge < -0.3 is 127 Å². The van der Waals surface area contributed by atoms with Gasteiger partial charge in [0.15, 0.2) is 11.9 Å². The number of nitrogens with two attached hydrogens (primary N) is 3. The number of benzene rings is 1. The van der Waals surface area contributed by atoms with E-state index in [1.807, 2.05) is 0 Å². The Labute approximate surface area is 659 Å². The number of amides is 14. The second-order valence-electron chi connectivity index (χ2n) is 29.7. The molecule has 1 aromatic carbocycles. The zero-order valence-electron chi connectivity index (χ0n) is 65.8. The number of carboxylic acid groups (broad SMARTS) is 2. The van der Waals surface area contributed by atoms with Crippen LogP contribution < -0.4 is 91.6 Å². The number of nitrogens with zero attached hydrogens (tertiary/aromatic N) is 2. The third-order valence-electron chi connectivity index (χ3n) is 18.8. The number of guanidine groups is 2. The molecule has 2 aliphatic rings. The van der Waals surface area contributed by atoms with E-state index in [0.29, 0.717) is 12.0 Å². The number of carbonyl (C=O) groups is 16. The van der Waals surface area contributed by atoms with Crippen LogP contribution in [0.2, 0.25) is 0 Å². The van der Waals surface area contributed by atoms with Crippen LogP contribution in [0.5, 0.6) is 0 Å². The number of aliphatic hydroxyl groups is 2. The molecule has 3 heterocycles. The third-order valence-corrected chi connectivity index (χ3v) is 18.8. The SMILES string of the molecule is CC(C)C[C@H](NC(=O)[C@H](CCCNC(=N)N)NC(=O)[C@@H](NC(=O)[C@H](Cc1c[nH]c2ccccc12)NC(=O)CN)[C@@H](C)O)C(=O)N[C@@H](CC(=O)O)C(=O)NCC(=O)N1CCC[C@H]1C(=O)N[C@@H](CC(C)C)C(=O)N1CCC[C@H]1C(=O)N[C@@H](CO)C(=O)NCC(=O)N[C@H](C(=O)N[C@@H](CCCNC(=N)N)C(=O)N[C@H](C(=O)O)C(C)C)C(C)C. The highest BCUT2D eigenvalue weighted by Gasteiger charge is 2.43. The molecular formula is C72H116N22O20. The minimum atomic E-state index is -1.89. The first-order chi connectivity index (χ1) is 53.7. The van der Waals surface area contributed by atoms with Gasteiger partial charge in [-0.1, -0.05) is 73.6 Å². The van der Waals surface area contributed by atoms with Crippen LogP contribution in [0.4, 0.5) is 0 Å². The van der Waals surface area contributed by atoms with Gasteiger partial charge in [-0.3, -0.25) is 82.7 Å². The van der Waals surface area contributed by atoms with Crippen LogP contribution in [-0.4, -0.2) is 273 Å². The Morgan fingerprint density at radius 2 is 0.991 bits per heavy atom. The second kappa shape index (κ2) is 46.6. The minimum absolute atomic E-state index is 0.00889. The second-order valence-corrected chi connectivity index (χ2v) is 29.7. The van der Waals surface area contributed by atoms with Gasteiger partial charge in [0.05, 0.1) is 38.8 Å². The Morgan fingerprint density at radius 3 is 1.52 bits per heavy atom. The lowest BCUT2D eigenvalue weighted by molar-refractivity contribution is -0.144. The molecule has 634 valence electrons. The van der Waals surface area contributed by atoms with Gasteiger partial charge >= 0.3 is 11.9 Å². The summed E-state index contributed by atoms with van der Waals surface area (Å²) in [4.78, 5) is 223. The zero-order chi connectivity index (χ0) is 85.4. The molecule has 2 aliphatic heterocycles. The Bertz CT molecular complexity index is 3740. The van der Waals surface area contributed by atoms with Gasteiger partial charge in [0, 0.05) is 49.7 Å². The maximum atomic E-state index is 14.5. The van der Waals surface area contributed by atoms with Crippen molar-refractivity contribution in [3.63, 3.8) is 0 Å². The van der Waals surface area contributed by atoms with E-state index in [1.165, 1.54) is 11.8 Å². The number of fused-ring (bicyclic) bond motifs is 1. The molecule has 0 unspecified atom stereocenters. The number of para-hydroxylation sites is 1. The number of hydrogen-bond acceptors (Lipinski definition) is 21. The summed E-state index contributed by atoms with van der Waals surface area (Å²) in [5.74, 6) is -18.1. The lowest BCUT2D eigenvalue weighted by atomic mass is 10.0. The number of carboxylic acids is 2. The quantitative estimate of drug-likeness (QED) is 0.0166. The summed E-state index contributed by atoms with van der Waals surface area (Å²) in [6.45, 7) is 11.4. The number of aromatic amines is 1. The highest BCUT2D eigenvalue weighted by atomic mass is 16.4. The number of aliphatic hydroxyl groups excluding tert-OH is 2. The number of rotatable bonds is 47. The average molecular weight is 1610 g/mol. The van der Waals surface area contributed by atoms with Gasteiger partial charge in [0.25, 0.3) is 0 Å². The smallest absolute Gasteiger partial charge is 0.326 e. The van der Waals surface area contributed by atoms with Gasteiger partial charge in [-0.2, -0.15) is 0 Å². The van der Waals surface area contributed by atoms with Crippen LogP contribution in [0.25, 0.3) is 10.9 Å². The van der Waals surface area contributed by atoms with E-state index in [0.717, 1.165) is 15.8 Å². The molecule has 0 spiro atoms. The molecule has 114 heavy (non-hydrogen) atoms. The van der Waals surface area contributed by atoms with Crippen LogP contribution in [0, 0.1) is 34.5 Å². The highest BCUT2D eigenvalue weighted by Crippen LogP contribution is 2.24. The van der Waals surface area contributed by atoms with Gasteiger partial charge in [-0.05, 0) is 106 Å². The first-order valence-electron chi connectivity index (χ1n) is 38.0. The van der Waals surface area contributed by atoms with Gasteiger partial charge in [0.1, 0.15) is 72.5 Å². The molecule has 2 fully saturated rings. The molecule has 13 atom stereocenters. The maximum Gasteiger partial charge on any atom is 0.326 e. The number of carbonyl (C=O) groups excluding carboxylic acids is 14. The third kappa shape index (κ3) is 30.7. The predicted molar refractivity (Wildman–Crippen MR) is 411 cm³/mol. The van der Waals surface area contributed by atoms with E-state index in [9.17, 15) is 97.1 Å². The van der Waals surface area contributed by atoms with Crippen molar-refractivity contribution in [1.82, 2.24) is 89.2 Å². The molecule has 42 nitrogen and oxygen atoms in total. The standard InChI is InChI=1S/C72H116N22O20/c1-35(2)26-45(86-61(104)43(18-12-22-78-71(74)75)85-68(111)58(39(9)96)92-64(107)46(83-52(97)30-73)28-40-31-80-42-17-11-10-16-41(40)42)63(106)87-47(29-55(100)101)59(102)82-33-54(99)93-24-14-20-50(93)65(108)88-48(27-36(3)4)69(112)94-25-15-21-51(94)66(109)89-49(34-95)60(103)81-32-53(98)90-56(37(5)6)67(110)84-44(19-13-23-79-72(76)77)62(105)91-57(38(7)8)70(113)114/h10-11,16-17,31,35-39,43-51,56-58,80,95-96H,12-15,18-30,32-34,73H2,1-9H3,(H,81,103)(H,82,102)(H,83,97)(H,84,110)(H,85,111)(H,86,104)(H,87,106)(H,88,108)(H,89,109)(H,90,98)(H,91,105)(H,92,107)(H,100,101)(H,113,114)(H4,74,75,78)(H4,76,77,79)/t39-,43+,44+,45+,46+,47+,48+,49+,50+,51+,56+,57+,58+/m1/s1. The average Bonchev–Trinajstić information content (AvgIpc) is 1.68. The molecule has 2 saturated heterocycles. The van der Waals surface area contributed by atoms with Crippen molar-refractivity contribution in [2.24, 2.45) is 40.9 Å². The largest absolute Gasteiger partial charge is 0.481 e. The molecule has 27 N–H and O–H groups in total. The van der Waals surface area contributed by atoms with E-state index in [4.69, 9.17) is 28.0 Å². The molecule has 14 amide bonds. The number of nitrogens with one attached hydrogen (secondary N) is 17. The van der Waals surface area contributed by atoms with Crippen LogP contribution in [0.3, 0.4) is 0 Å². The van der Waals surface area contributed by atoms with E-state index >= 15 is 0 Å². The molecule has 42 heteroatoms. The fourth-order valence-electron chi connectivity index (χ4n) is 12.9. The van der Waals surface area contributed by atoms with Crippen LogP contribution in [-0.2, 0) is 83.1 Å². The molecule has 1 aromatic heterocycles. The van der Waals surface area contributed by atoms with Crippen molar-refractivity contribution in [2.45, 2.75) is 218 Å². The monoisotopic (exact) mass is 1610 g/mol. The van der Waals surface area contributed by atoms with Gasteiger partial charge in [0.2, 0.25) is 82.7 Å². The van der Waals surface area contributed by atoms with Crippen molar-refractivity contribution in [2.75, 3.05) is 52.4 Å². The van der Waals surface area contributed by atoms with Gasteiger partial charge in [-0.15, -0.1) is 0 Å². The fourth-order valence-corrected chi connectivity index (χ4v) is 12.9. The molecule has 0 aliphatic carbocycles. The molecule has 0 bridgehead atoms. The lowest BCUT2D eigenvalue weighted by Gasteiger charge is -2.32. The summed E-state index contributed by atoms with van der Waals surface area (Å²) in [5.41, 5.74) is 17.7. The minimum Gasteiger partial charge on any atom is -0.481 e. The highest BCUT2D eigenvalue weighted by molar-refractivity contribution is 6.01. The van der Waals surface area contributed by atoms with E-state index in [-0.39, 0.29) is 108 Å². The number of likely N-dealkylation sites (tertiary alicyclic amines) is 2. The first kappa shape index (κ1) is 95.1. The Morgan fingerprint density at radius 1 is 0.518 bits per heavy atom. The molecule has 2 aromatic rings. The Hall–Kier alpha value is -11.3. The summed E-state index contributed by atoms with van der Waals surface area (Å²) < 4.78 is 0. The first-order valence-corrected chi connectivity index (χ1v) is 38.0. The summed E-state index contributed by atoms with van der Waals surface area (Å²) in [6.07, 6.45) is -0.473. The van der Waals surface area contributed by atoms with Crippen LogP contribution >= 0.6 is 0 Å². The van der Waals surface area contributed by atoms with Crippen molar-refractivity contribution >= 4 is 117 Å². The summed E-state index contributed by atoms with van der Waals surface area (Å²) >= 11 is 0. The maximum absolute atomic E-state index is 14.5. The Kier molecular flexibility index (Phi) is 38.9. The fraction of sp³-hybridized carbons (Fsp3) is 0.639. The van der Waals surface area contributed by atoms with E-state index < -0.39 is 224 Å². The van der Waals surface area contributed by atoms with E-state index in [2.05, 4.69) is 79.4 Å². The number of aliphatic carboxylic acids is 2. The summed E-state index contributed by atoms with van der Waals surface area (Å²) in [6, 6.07) is -10.2.